The molecule has 1 rings (SSSR count). The lowest BCUT2D eigenvalue weighted by molar-refractivity contribution is 0.384. The maximum atomic E-state index is 13.6. The minimum atomic E-state index is -5.41. The topological polar surface area (TPSA) is 54.4 Å². The lowest BCUT2D eigenvalue weighted by atomic mass is 10.3. The Morgan fingerprint density at radius 2 is 1.57 bits per heavy atom. The Kier molecular flexibility index (Phi) is 6.24. The van der Waals surface area contributed by atoms with Crippen LogP contribution in [0.2, 0.25) is 0 Å². The molecule has 0 radical (unpaired) electrons. The van der Waals surface area contributed by atoms with Crippen LogP contribution in [0.1, 0.15) is 19.8 Å². The standard InChI is InChI=1S/C12H12F4O3S2/c1-2-3-4-5-6-20-11-7(13)9(15)12(21(17,18)19)10(16)8(11)14/h4-5H,2-3,6H2,1H3,(H,17,18,19)/b5-4+. The van der Waals surface area contributed by atoms with Gasteiger partial charge in [-0.2, -0.15) is 8.42 Å². The molecule has 21 heavy (non-hydrogen) atoms. The number of halogens is 4. The van der Waals surface area contributed by atoms with Gasteiger partial charge < -0.3 is 0 Å². The first kappa shape index (κ1) is 18.0. The highest BCUT2D eigenvalue weighted by Crippen LogP contribution is 2.33. The van der Waals surface area contributed by atoms with Crippen molar-refractivity contribution in [3.05, 3.63) is 35.4 Å². The van der Waals surface area contributed by atoms with Crippen molar-refractivity contribution in [1.29, 1.82) is 0 Å². The van der Waals surface area contributed by atoms with Crippen LogP contribution in [0.15, 0.2) is 21.9 Å². The predicted octanol–water partition coefficient (Wildman–Crippen LogP) is 3.94. The molecular formula is C12H12F4O3S2. The summed E-state index contributed by atoms with van der Waals surface area (Å²) in [6, 6.07) is 0. The molecule has 0 fully saturated rings. The molecular weight excluding hydrogens is 332 g/mol. The molecule has 1 aromatic carbocycles. The van der Waals surface area contributed by atoms with Crippen molar-refractivity contribution < 1.29 is 30.5 Å². The molecule has 1 N–H and O–H groups in total. The molecule has 0 unspecified atom stereocenters. The monoisotopic (exact) mass is 344 g/mol. The lowest BCUT2D eigenvalue weighted by Gasteiger charge is -2.09. The van der Waals surface area contributed by atoms with Crippen LogP contribution in [0.3, 0.4) is 0 Å². The second kappa shape index (κ2) is 7.28. The molecule has 0 aliphatic rings. The Morgan fingerprint density at radius 1 is 1.05 bits per heavy atom. The van der Waals surface area contributed by atoms with E-state index < -0.39 is 43.2 Å². The van der Waals surface area contributed by atoms with E-state index >= 15 is 0 Å². The average Bonchev–Trinajstić information content (AvgIpc) is 2.38. The third kappa shape index (κ3) is 4.21. The summed E-state index contributed by atoms with van der Waals surface area (Å²) in [6.07, 6.45) is 4.92. The maximum absolute atomic E-state index is 13.6. The van der Waals surface area contributed by atoms with Crippen LogP contribution in [0.4, 0.5) is 17.6 Å². The van der Waals surface area contributed by atoms with Crippen molar-refractivity contribution >= 4 is 21.9 Å². The van der Waals surface area contributed by atoms with Gasteiger partial charge in [0.15, 0.2) is 28.2 Å². The molecule has 0 aliphatic carbocycles. The van der Waals surface area contributed by atoms with Gasteiger partial charge in [-0.15, -0.1) is 11.8 Å². The lowest BCUT2D eigenvalue weighted by Crippen LogP contribution is -2.11. The van der Waals surface area contributed by atoms with Crippen molar-refractivity contribution in [2.75, 3.05) is 5.75 Å². The minimum absolute atomic E-state index is 0.0535. The number of allylic oxidation sites excluding steroid dienone is 1. The number of benzene rings is 1. The van der Waals surface area contributed by atoms with Crippen LogP contribution < -0.4 is 0 Å². The van der Waals surface area contributed by atoms with Gasteiger partial charge in [-0.05, 0) is 6.42 Å². The maximum Gasteiger partial charge on any atom is 0.300 e. The summed E-state index contributed by atoms with van der Waals surface area (Å²) < 4.78 is 84.3. The summed E-state index contributed by atoms with van der Waals surface area (Å²) in [5.41, 5.74) is 0. The number of unbranched alkanes of at least 4 members (excludes halogenated alkanes) is 1. The summed E-state index contributed by atoms with van der Waals surface area (Å²) in [4.78, 5) is -3.00. The summed E-state index contributed by atoms with van der Waals surface area (Å²) in [5.74, 6) is -7.93. The zero-order valence-corrected chi connectivity index (χ0v) is 12.5. The van der Waals surface area contributed by atoms with Crippen LogP contribution in [0, 0.1) is 23.3 Å². The van der Waals surface area contributed by atoms with Crippen molar-refractivity contribution in [1.82, 2.24) is 0 Å². The van der Waals surface area contributed by atoms with Crippen LogP contribution in [-0.4, -0.2) is 18.7 Å². The summed E-state index contributed by atoms with van der Waals surface area (Å²) in [5, 5.41) is 0. The van der Waals surface area contributed by atoms with E-state index in [0.29, 0.717) is 11.8 Å². The van der Waals surface area contributed by atoms with Gasteiger partial charge in [0.1, 0.15) is 0 Å². The molecule has 0 aromatic heterocycles. The van der Waals surface area contributed by atoms with E-state index in [1.807, 2.05) is 6.92 Å². The highest BCUT2D eigenvalue weighted by Gasteiger charge is 2.32. The fourth-order valence-corrected chi connectivity index (χ4v) is 2.89. The number of rotatable bonds is 6. The van der Waals surface area contributed by atoms with Gasteiger partial charge in [0, 0.05) is 5.75 Å². The Balaban J connectivity index is 3.20. The quantitative estimate of drug-likeness (QED) is 0.279. The zero-order valence-electron chi connectivity index (χ0n) is 10.9. The van der Waals surface area contributed by atoms with E-state index in [1.54, 1.807) is 12.2 Å². The molecule has 0 saturated heterocycles. The molecule has 1 aromatic rings. The Labute approximate surface area is 123 Å². The average molecular weight is 344 g/mol. The number of thioether (sulfide) groups is 1. The summed E-state index contributed by atoms with van der Waals surface area (Å²) in [7, 11) is -5.41. The van der Waals surface area contributed by atoms with Gasteiger partial charge in [-0.3, -0.25) is 4.55 Å². The first-order chi connectivity index (χ1) is 9.71. The van der Waals surface area contributed by atoms with Crippen molar-refractivity contribution in [2.45, 2.75) is 29.6 Å². The molecule has 0 heterocycles. The Hall–Kier alpha value is -1.06. The van der Waals surface area contributed by atoms with E-state index in [2.05, 4.69) is 0 Å². The highest BCUT2D eigenvalue weighted by molar-refractivity contribution is 7.99. The van der Waals surface area contributed by atoms with Gasteiger partial charge in [-0.1, -0.05) is 25.5 Å². The third-order valence-corrected chi connectivity index (χ3v) is 4.27. The first-order valence-corrected chi connectivity index (χ1v) is 8.25. The van der Waals surface area contributed by atoms with Crippen LogP contribution >= 0.6 is 11.8 Å². The van der Waals surface area contributed by atoms with Gasteiger partial charge >= 0.3 is 10.1 Å². The second-order valence-corrected chi connectivity index (χ2v) is 6.35. The Bertz CT molecular complexity index is 628. The van der Waals surface area contributed by atoms with Gasteiger partial charge in [0.2, 0.25) is 0 Å². The normalized spacial score (nSPS) is 12.3. The number of hydrogen-bond acceptors (Lipinski definition) is 3. The van der Waals surface area contributed by atoms with Crippen LogP contribution in [0.25, 0.3) is 0 Å². The van der Waals surface area contributed by atoms with Crippen molar-refractivity contribution in [3.8, 4) is 0 Å². The SMILES string of the molecule is CCC/C=C/CSc1c(F)c(F)c(S(=O)(=O)O)c(F)c1F. The molecule has 0 saturated carbocycles. The fourth-order valence-electron chi connectivity index (χ4n) is 1.43. The van der Waals surface area contributed by atoms with Gasteiger partial charge in [0.25, 0.3) is 0 Å². The summed E-state index contributed by atoms with van der Waals surface area (Å²) >= 11 is 0.479. The predicted molar refractivity (Wildman–Crippen MR) is 70.9 cm³/mol. The minimum Gasteiger partial charge on any atom is -0.282 e. The van der Waals surface area contributed by atoms with Crippen LogP contribution in [0.5, 0.6) is 0 Å². The van der Waals surface area contributed by atoms with Gasteiger partial charge in [-0.25, -0.2) is 17.6 Å². The smallest absolute Gasteiger partial charge is 0.282 e. The molecule has 0 spiro atoms. The van der Waals surface area contributed by atoms with E-state index in [0.717, 1.165) is 12.8 Å². The molecule has 0 amide bonds. The fraction of sp³-hybridized carbons (Fsp3) is 0.333. The molecule has 0 atom stereocenters. The largest absolute Gasteiger partial charge is 0.300 e. The molecule has 9 heteroatoms. The van der Waals surface area contributed by atoms with Crippen molar-refractivity contribution in [2.24, 2.45) is 0 Å². The Morgan fingerprint density at radius 3 is 2.00 bits per heavy atom. The second-order valence-electron chi connectivity index (χ2n) is 3.96. The zero-order chi connectivity index (χ0) is 16.2. The molecule has 0 bridgehead atoms. The van der Waals surface area contributed by atoms with Gasteiger partial charge in [0.05, 0.1) is 4.90 Å². The summed E-state index contributed by atoms with van der Waals surface area (Å²) in [6.45, 7) is 1.93. The van der Waals surface area contributed by atoms with E-state index in [9.17, 15) is 26.0 Å². The van der Waals surface area contributed by atoms with E-state index in [1.165, 1.54) is 0 Å². The highest BCUT2D eigenvalue weighted by atomic mass is 32.2. The molecule has 3 nitrogen and oxygen atoms in total. The van der Waals surface area contributed by atoms with Crippen LogP contribution in [-0.2, 0) is 10.1 Å². The number of hydrogen-bond donors (Lipinski definition) is 1. The van der Waals surface area contributed by atoms with Crippen molar-refractivity contribution in [3.63, 3.8) is 0 Å². The molecule has 0 aliphatic heterocycles. The first-order valence-electron chi connectivity index (χ1n) is 5.83. The molecule has 118 valence electrons. The van der Waals surface area contributed by atoms with E-state index in [4.69, 9.17) is 4.55 Å². The third-order valence-electron chi connectivity index (χ3n) is 2.39. The van der Waals surface area contributed by atoms with E-state index in [-0.39, 0.29) is 5.75 Å².